The van der Waals surface area contributed by atoms with Gasteiger partial charge in [-0.1, -0.05) is 44.2 Å². The zero-order chi connectivity index (χ0) is 15.9. The average molecular weight is 299 g/mol. The number of imidazole rings is 1. The molecule has 0 fully saturated rings. The standard InChI is InChI=1S/C18H25N3O/c1-4-16(5-2)21(12-11-15-9-7-6-8-10-15)18(22)17-13-19-14-20(17)3/h6-10,13-14,16H,4-5,11-12H2,1-3H3. The fraction of sp³-hybridized carbons (Fsp3) is 0.444. The molecule has 22 heavy (non-hydrogen) atoms. The van der Waals surface area contributed by atoms with Crippen LogP contribution in [0.4, 0.5) is 0 Å². The quantitative estimate of drug-likeness (QED) is 0.787. The van der Waals surface area contributed by atoms with E-state index in [2.05, 4.69) is 31.0 Å². The molecule has 2 rings (SSSR count). The van der Waals surface area contributed by atoms with Crippen LogP contribution in [0.3, 0.4) is 0 Å². The van der Waals surface area contributed by atoms with E-state index in [9.17, 15) is 4.79 Å². The molecule has 4 nitrogen and oxygen atoms in total. The summed E-state index contributed by atoms with van der Waals surface area (Å²) < 4.78 is 1.79. The smallest absolute Gasteiger partial charge is 0.272 e. The Morgan fingerprint density at radius 1 is 1.23 bits per heavy atom. The van der Waals surface area contributed by atoms with E-state index in [-0.39, 0.29) is 11.9 Å². The molecule has 0 unspecified atom stereocenters. The fourth-order valence-corrected chi connectivity index (χ4v) is 2.78. The van der Waals surface area contributed by atoms with Crippen molar-refractivity contribution < 1.29 is 4.79 Å². The normalized spacial score (nSPS) is 10.9. The second kappa shape index (κ2) is 7.78. The van der Waals surface area contributed by atoms with Crippen LogP contribution in [0.1, 0.15) is 42.7 Å². The van der Waals surface area contributed by atoms with Crippen LogP contribution in [0.15, 0.2) is 42.9 Å². The van der Waals surface area contributed by atoms with Crippen molar-refractivity contribution in [3.63, 3.8) is 0 Å². The van der Waals surface area contributed by atoms with Crippen LogP contribution in [0.25, 0.3) is 0 Å². The molecule has 2 aromatic rings. The summed E-state index contributed by atoms with van der Waals surface area (Å²) in [7, 11) is 1.86. The van der Waals surface area contributed by atoms with Crippen molar-refractivity contribution in [2.45, 2.75) is 39.2 Å². The molecule has 0 spiro atoms. The van der Waals surface area contributed by atoms with Gasteiger partial charge in [-0.15, -0.1) is 0 Å². The van der Waals surface area contributed by atoms with E-state index in [0.717, 1.165) is 25.8 Å². The summed E-state index contributed by atoms with van der Waals surface area (Å²) in [6.07, 6.45) is 6.14. The van der Waals surface area contributed by atoms with Crippen molar-refractivity contribution in [3.8, 4) is 0 Å². The highest BCUT2D eigenvalue weighted by molar-refractivity contribution is 5.92. The van der Waals surface area contributed by atoms with Crippen LogP contribution in [0, 0.1) is 0 Å². The number of benzene rings is 1. The van der Waals surface area contributed by atoms with Crippen molar-refractivity contribution in [2.75, 3.05) is 6.54 Å². The Morgan fingerprint density at radius 2 is 1.91 bits per heavy atom. The molecule has 1 aromatic carbocycles. The number of rotatable bonds is 7. The number of carbonyl (C=O) groups is 1. The molecular weight excluding hydrogens is 274 g/mol. The number of aryl methyl sites for hydroxylation is 1. The van der Waals surface area contributed by atoms with Gasteiger partial charge in [0.2, 0.25) is 0 Å². The molecule has 0 atom stereocenters. The number of hydrogen-bond acceptors (Lipinski definition) is 2. The molecule has 118 valence electrons. The average Bonchev–Trinajstić information content (AvgIpc) is 2.98. The van der Waals surface area contributed by atoms with Gasteiger partial charge in [0.1, 0.15) is 5.69 Å². The minimum atomic E-state index is 0.0737. The summed E-state index contributed by atoms with van der Waals surface area (Å²) in [5.74, 6) is 0.0737. The highest BCUT2D eigenvalue weighted by Gasteiger charge is 2.24. The topological polar surface area (TPSA) is 38.1 Å². The molecule has 0 aliphatic heterocycles. The van der Waals surface area contributed by atoms with Crippen LogP contribution in [0.5, 0.6) is 0 Å². The highest BCUT2D eigenvalue weighted by atomic mass is 16.2. The first-order valence-electron chi connectivity index (χ1n) is 7.98. The van der Waals surface area contributed by atoms with Gasteiger partial charge in [-0.05, 0) is 24.8 Å². The van der Waals surface area contributed by atoms with Crippen LogP contribution in [0.2, 0.25) is 0 Å². The number of carbonyl (C=O) groups excluding carboxylic acids is 1. The van der Waals surface area contributed by atoms with Gasteiger partial charge in [0.15, 0.2) is 0 Å². The van der Waals surface area contributed by atoms with E-state index in [1.54, 1.807) is 17.1 Å². The number of hydrogen-bond donors (Lipinski definition) is 0. The first-order chi connectivity index (χ1) is 10.7. The summed E-state index contributed by atoms with van der Waals surface area (Å²) in [6.45, 7) is 5.01. The summed E-state index contributed by atoms with van der Waals surface area (Å²) >= 11 is 0. The maximum atomic E-state index is 12.9. The first-order valence-corrected chi connectivity index (χ1v) is 7.98. The summed E-state index contributed by atoms with van der Waals surface area (Å²) in [6, 6.07) is 10.6. The molecular formula is C18H25N3O. The van der Waals surface area contributed by atoms with E-state index in [4.69, 9.17) is 0 Å². The lowest BCUT2D eigenvalue weighted by Crippen LogP contribution is -2.41. The van der Waals surface area contributed by atoms with Crippen LogP contribution in [-0.2, 0) is 13.5 Å². The lowest BCUT2D eigenvalue weighted by molar-refractivity contribution is 0.0660. The number of nitrogens with zero attached hydrogens (tertiary/aromatic N) is 3. The zero-order valence-corrected chi connectivity index (χ0v) is 13.7. The Labute approximate surface area is 132 Å². The Morgan fingerprint density at radius 3 is 2.45 bits per heavy atom. The molecule has 4 heteroatoms. The van der Waals surface area contributed by atoms with Crippen molar-refractivity contribution in [3.05, 3.63) is 54.1 Å². The van der Waals surface area contributed by atoms with Gasteiger partial charge in [-0.3, -0.25) is 4.79 Å². The molecule has 0 aliphatic carbocycles. The Hall–Kier alpha value is -2.10. The fourth-order valence-electron chi connectivity index (χ4n) is 2.78. The van der Waals surface area contributed by atoms with Gasteiger partial charge in [-0.2, -0.15) is 0 Å². The summed E-state index contributed by atoms with van der Waals surface area (Å²) in [5.41, 5.74) is 1.91. The molecule has 0 N–H and O–H groups in total. The van der Waals surface area contributed by atoms with Crippen LogP contribution in [-0.4, -0.2) is 32.9 Å². The monoisotopic (exact) mass is 299 g/mol. The van der Waals surface area contributed by atoms with Gasteiger partial charge in [0, 0.05) is 19.6 Å². The predicted octanol–water partition coefficient (Wildman–Crippen LogP) is 3.29. The van der Waals surface area contributed by atoms with Crippen molar-refractivity contribution >= 4 is 5.91 Å². The van der Waals surface area contributed by atoms with Gasteiger partial charge < -0.3 is 9.47 Å². The highest BCUT2D eigenvalue weighted by Crippen LogP contribution is 2.14. The Kier molecular flexibility index (Phi) is 5.75. The van der Waals surface area contributed by atoms with Gasteiger partial charge in [0.25, 0.3) is 5.91 Å². The Bertz CT molecular complexity index is 587. The molecule has 0 saturated carbocycles. The van der Waals surface area contributed by atoms with E-state index < -0.39 is 0 Å². The number of amides is 1. The molecule has 0 saturated heterocycles. The lowest BCUT2D eigenvalue weighted by atomic mass is 10.1. The predicted molar refractivity (Wildman–Crippen MR) is 88.8 cm³/mol. The van der Waals surface area contributed by atoms with Crippen LogP contribution >= 0.6 is 0 Å². The third-order valence-corrected chi connectivity index (χ3v) is 4.16. The van der Waals surface area contributed by atoms with Gasteiger partial charge in [0.05, 0.1) is 12.5 Å². The maximum absolute atomic E-state index is 12.9. The first kappa shape index (κ1) is 16.3. The molecule has 1 aromatic heterocycles. The molecule has 0 bridgehead atoms. The van der Waals surface area contributed by atoms with Gasteiger partial charge in [-0.25, -0.2) is 4.98 Å². The maximum Gasteiger partial charge on any atom is 0.272 e. The minimum Gasteiger partial charge on any atom is -0.334 e. The third kappa shape index (κ3) is 3.75. The Balaban J connectivity index is 2.16. The summed E-state index contributed by atoms with van der Waals surface area (Å²) in [5, 5.41) is 0. The van der Waals surface area contributed by atoms with Gasteiger partial charge >= 0.3 is 0 Å². The lowest BCUT2D eigenvalue weighted by Gasteiger charge is -2.30. The molecule has 1 heterocycles. The zero-order valence-electron chi connectivity index (χ0n) is 13.7. The second-order valence-electron chi connectivity index (χ2n) is 5.59. The van der Waals surface area contributed by atoms with E-state index in [1.807, 2.05) is 30.1 Å². The minimum absolute atomic E-state index is 0.0737. The van der Waals surface area contributed by atoms with E-state index in [1.165, 1.54) is 5.56 Å². The molecule has 0 radical (unpaired) electrons. The second-order valence-corrected chi connectivity index (χ2v) is 5.59. The largest absolute Gasteiger partial charge is 0.334 e. The van der Waals surface area contributed by atoms with Crippen molar-refractivity contribution in [2.24, 2.45) is 7.05 Å². The summed E-state index contributed by atoms with van der Waals surface area (Å²) in [4.78, 5) is 18.9. The van der Waals surface area contributed by atoms with Crippen LogP contribution < -0.4 is 0 Å². The molecule has 0 aliphatic rings. The SMILES string of the molecule is CCC(CC)N(CCc1ccccc1)C(=O)c1cncn1C. The van der Waals surface area contributed by atoms with E-state index >= 15 is 0 Å². The van der Waals surface area contributed by atoms with Crippen molar-refractivity contribution in [1.29, 1.82) is 0 Å². The molecule has 1 amide bonds. The third-order valence-electron chi connectivity index (χ3n) is 4.16. The number of aromatic nitrogens is 2. The van der Waals surface area contributed by atoms with Crippen molar-refractivity contribution in [1.82, 2.24) is 14.5 Å². The van der Waals surface area contributed by atoms with E-state index in [0.29, 0.717) is 5.69 Å².